The number of hydrogen-bond acceptors (Lipinski definition) is 4. The molecule has 0 saturated carbocycles. The molecule has 0 fully saturated rings. The number of aryl methyl sites for hydroxylation is 1. The van der Waals surface area contributed by atoms with Gasteiger partial charge in [0.05, 0.1) is 12.1 Å². The highest BCUT2D eigenvalue weighted by molar-refractivity contribution is 7.80. The average Bonchev–Trinajstić information content (AvgIpc) is 2.99. The van der Waals surface area contributed by atoms with E-state index < -0.39 is 5.97 Å². The molecule has 0 amide bonds. The molecule has 0 aliphatic rings. The first-order valence-electron chi connectivity index (χ1n) is 8.23. The number of rotatable bonds is 7. The van der Waals surface area contributed by atoms with Gasteiger partial charge in [0.25, 0.3) is 0 Å². The van der Waals surface area contributed by atoms with Gasteiger partial charge in [-0.2, -0.15) is 0 Å². The molecule has 0 aliphatic heterocycles. The molecular weight excluding hydrogens is 346 g/mol. The molecule has 132 valence electrons. The van der Waals surface area contributed by atoms with Crippen LogP contribution in [0.4, 0.5) is 0 Å². The fraction of sp³-hybridized carbons (Fsp3) is 0.150. The van der Waals surface area contributed by atoms with Crippen LogP contribution in [0.3, 0.4) is 0 Å². The van der Waals surface area contributed by atoms with Crippen molar-refractivity contribution in [1.29, 1.82) is 0 Å². The number of carboxylic acids is 1. The van der Waals surface area contributed by atoms with Crippen molar-refractivity contribution in [1.82, 2.24) is 14.8 Å². The Balaban J connectivity index is 1.83. The minimum Gasteiger partial charge on any atom is -0.478 e. The second-order valence-electron chi connectivity index (χ2n) is 5.86. The van der Waals surface area contributed by atoms with Crippen LogP contribution in [0.5, 0.6) is 0 Å². The summed E-state index contributed by atoms with van der Waals surface area (Å²) < 4.78 is 1.84. The van der Waals surface area contributed by atoms with Gasteiger partial charge in [-0.1, -0.05) is 48.5 Å². The minimum atomic E-state index is -0.930. The van der Waals surface area contributed by atoms with Crippen molar-refractivity contribution in [3.63, 3.8) is 0 Å². The van der Waals surface area contributed by atoms with Crippen LogP contribution in [-0.4, -0.2) is 25.8 Å². The minimum absolute atomic E-state index is 0.294. The lowest BCUT2D eigenvalue weighted by molar-refractivity contribution is 0.0697. The number of aromatic carboxylic acids is 1. The van der Waals surface area contributed by atoms with E-state index in [1.807, 2.05) is 47.2 Å². The van der Waals surface area contributed by atoms with E-state index in [0.717, 1.165) is 29.8 Å². The first kappa shape index (κ1) is 17.9. The third kappa shape index (κ3) is 4.03. The molecule has 1 aromatic heterocycles. The van der Waals surface area contributed by atoms with Gasteiger partial charge in [-0.05, 0) is 29.2 Å². The average molecular weight is 365 g/mol. The number of carboxylic acid groups (broad SMARTS) is 1. The van der Waals surface area contributed by atoms with Gasteiger partial charge in [-0.3, -0.25) is 0 Å². The van der Waals surface area contributed by atoms with Gasteiger partial charge in [0.1, 0.15) is 5.82 Å². The number of aromatic nitrogens is 3. The SMILES string of the molecule is C=CCCc1nc(S)nn1Cc1ccc(-c2ccccc2C(=O)O)cc1. The number of carbonyl (C=O) groups is 1. The van der Waals surface area contributed by atoms with Crippen LogP contribution in [0.1, 0.15) is 28.2 Å². The Morgan fingerprint density at radius 2 is 1.92 bits per heavy atom. The van der Waals surface area contributed by atoms with Crippen LogP contribution < -0.4 is 0 Å². The number of allylic oxidation sites excluding steroid dienone is 1. The highest BCUT2D eigenvalue weighted by atomic mass is 32.1. The van der Waals surface area contributed by atoms with E-state index in [1.165, 1.54) is 0 Å². The lowest BCUT2D eigenvalue weighted by atomic mass is 9.99. The van der Waals surface area contributed by atoms with Gasteiger partial charge in [-0.15, -0.1) is 24.3 Å². The quantitative estimate of drug-likeness (QED) is 0.489. The molecule has 0 radical (unpaired) electrons. The smallest absolute Gasteiger partial charge is 0.336 e. The van der Waals surface area contributed by atoms with Gasteiger partial charge in [0, 0.05) is 6.42 Å². The third-order valence-electron chi connectivity index (χ3n) is 4.06. The molecule has 26 heavy (non-hydrogen) atoms. The zero-order valence-electron chi connectivity index (χ0n) is 14.2. The summed E-state index contributed by atoms with van der Waals surface area (Å²) in [6.45, 7) is 4.32. The van der Waals surface area contributed by atoms with E-state index in [2.05, 4.69) is 29.3 Å². The van der Waals surface area contributed by atoms with Crippen molar-refractivity contribution in [3.05, 3.63) is 78.1 Å². The van der Waals surface area contributed by atoms with Gasteiger partial charge in [0.15, 0.2) is 0 Å². The lowest BCUT2D eigenvalue weighted by Crippen LogP contribution is -2.07. The zero-order chi connectivity index (χ0) is 18.5. The molecule has 0 saturated heterocycles. The predicted octanol–water partition coefficient (Wildman–Crippen LogP) is 4.10. The van der Waals surface area contributed by atoms with Crippen molar-refractivity contribution < 1.29 is 9.90 Å². The zero-order valence-corrected chi connectivity index (χ0v) is 15.1. The van der Waals surface area contributed by atoms with E-state index in [4.69, 9.17) is 0 Å². The van der Waals surface area contributed by atoms with Gasteiger partial charge in [0.2, 0.25) is 5.16 Å². The molecule has 0 bridgehead atoms. The fourth-order valence-corrected chi connectivity index (χ4v) is 3.01. The largest absolute Gasteiger partial charge is 0.478 e. The molecule has 0 aliphatic carbocycles. The Kier molecular flexibility index (Phi) is 5.53. The first-order valence-corrected chi connectivity index (χ1v) is 8.68. The van der Waals surface area contributed by atoms with E-state index in [9.17, 15) is 9.90 Å². The first-order chi connectivity index (χ1) is 12.6. The highest BCUT2D eigenvalue weighted by Crippen LogP contribution is 2.24. The van der Waals surface area contributed by atoms with Gasteiger partial charge in [-0.25, -0.2) is 14.5 Å². The van der Waals surface area contributed by atoms with Gasteiger partial charge < -0.3 is 5.11 Å². The normalized spacial score (nSPS) is 10.7. The molecule has 2 aromatic carbocycles. The van der Waals surface area contributed by atoms with Crippen molar-refractivity contribution in [2.24, 2.45) is 0 Å². The molecule has 6 heteroatoms. The summed E-state index contributed by atoms with van der Waals surface area (Å²) in [6, 6.07) is 14.8. The van der Waals surface area contributed by atoms with Crippen molar-refractivity contribution >= 4 is 18.6 Å². The summed E-state index contributed by atoms with van der Waals surface area (Å²) in [5.41, 5.74) is 2.92. The van der Waals surface area contributed by atoms with E-state index in [1.54, 1.807) is 12.1 Å². The van der Waals surface area contributed by atoms with Crippen molar-refractivity contribution in [3.8, 4) is 11.1 Å². The van der Waals surface area contributed by atoms with Crippen LogP contribution in [0, 0.1) is 0 Å². The Bertz CT molecular complexity index is 932. The molecular formula is C20H19N3O2S. The number of benzene rings is 2. The molecule has 1 N–H and O–H groups in total. The number of nitrogens with zero attached hydrogens (tertiary/aromatic N) is 3. The van der Waals surface area contributed by atoms with Crippen LogP contribution >= 0.6 is 12.6 Å². The molecule has 0 atom stereocenters. The van der Waals surface area contributed by atoms with Crippen LogP contribution in [0.25, 0.3) is 11.1 Å². The standard InChI is InChI=1S/C20H19N3O2S/c1-2-3-8-18-21-20(26)22-23(18)13-14-9-11-15(12-10-14)16-6-4-5-7-17(16)19(24)25/h2,4-7,9-12H,1,3,8,13H2,(H,22,26)(H,24,25). The predicted molar refractivity (Wildman–Crippen MR) is 104 cm³/mol. The van der Waals surface area contributed by atoms with Crippen LogP contribution in [0.15, 0.2) is 66.3 Å². The monoisotopic (exact) mass is 365 g/mol. The maximum Gasteiger partial charge on any atom is 0.336 e. The second kappa shape index (κ2) is 8.01. The fourth-order valence-electron chi connectivity index (χ4n) is 2.79. The van der Waals surface area contributed by atoms with Crippen molar-refractivity contribution in [2.45, 2.75) is 24.5 Å². The molecule has 0 spiro atoms. The summed E-state index contributed by atoms with van der Waals surface area (Å²) in [5.74, 6) is -0.0596. The van der Waals surface area contributed by atoms with E-state index in [-0.39, 0.29) is 0 Å². The Morgan fingerprint density at radius 1 is 1.19 bits per heavy atom. The molecule has 0 unspecified atom stereocenters. The third-order valence-corrected chi connectivity index (χ3v) is 4.25. The maximum absolute atomic E-state index is 11.4. The lowest BCUT2D eigenvalue weighted by Gasteiger charge is -2.09. The molecule has 1 heterocycles. The number of hydrogen-bond donors (Lipinski definition) is 2. The van der Waals surface area contributed by atoms with Crippen LogP contribution in [0.2, 0.25) is 0 Å². The summed E-state index contributed by atoms with van der Waals surface area (Å²) >= 11 is 4.23. The second-order valence-corrected chi connectivity index (χ2v) is 6.26. The Morgan fingerprint density at radius 3 is 2.62 bits per heavy atom. The van der Waals surface area contributed by atoms with E-state index in [0.29, 0.717) is 22.8 Å². The van der Waals surface area contributed by atoms with Crippen LogP contribution in [-0.2, 0) is 13.0 Å². The summed E-state index contributed by atoms with van der Waals surface area (Å²) in [4.78, 5) is 15.7. The topological polar surface area (TPSA) is 68.0 Å². The Labute approximate surface area is 157 Å². The molecule has 3 aromatic rings. The summed E-state index contributed by atoms with van der Waals surface area (Å²) in [6.07, 6.45) is 3.45. The van der Waals surface area contributed by atoms with Crippen molar-refractivity contribution in [2.75, 3.05) is 0 Å². The highest BCUT2D eigenvalue weighted by Gasteiger charge is 2.11. The summed E-state index contributed by atoms with van der Waals surface area (Å²) in [7, 11) is 0. The Hall–Kier alpha value is -2.86. The van der Waals surface area contributed by atoms with Gasteiger partial charge >= 0.3 is 5.97 Å². The molecule has 5 nitrogen and oxygen atoms in total. The van der Waals surface area contributed by atoms with E-state index >= 15 is 0 Å². The number of thiol groups is 1. The maximum atomic E-state index is 11.4. The molecule has 3 rings (SSSR count). The summed E-state index contributed by atoms with van der Waals surface area (Å²) in [5, 5.41) is 14.1.